The Kier molecular flexibility index (Phi) is 5.79. The van der Waals surface area contributed by atoms with Crippen molar-refractivity contribution in [3.05, 3.63) is 0 Å². The van der Waals surface area contributed by atoms with Gasteiger partial charge in [0.15, 0.2) is 0 Å². The summed E-state index contributed by atoms with van der Waals surface area (Å²) < 4.78 is 5.31. The molecule has 1 heterocycles. The van der Waals surface area contributed by atoms with E-state index in [4.69, 9.17) is 4.74 Å². The zero-order chi connectivity index (χ0) is 14.4. The molecule has 3 atom stereocenters. The van der Waals surface area contributed by atoms with Gasteiger partial charge in [0.2, 0.25) is 5.91 Å². The van der Waals surface area contributed by atoms with E-state index in [0.717, 1.165) is 32.2 Å². The SMILES string of the molecule is O=C(CC1COCCN1)NCC1CCCCC1C(=O)O. The van der Waals surface area contributed by atoms with Crippen LogP contribution in [0.1, 0.15) is 32.1 Å². The lowest BCUT2D eigenvalue weighted by atomic mass is 9.79. The van der Waals surface area contributed by atoms with E-state index < -0.39 is 5.97 Å². The zero-order valence-electron chi connectivity index (χ0n) is 11.8. The summed E-state index contributed by atoms with van der Waals surface area (Å²) in [6, 6.07) is 0.0744. The van der Waals surface area contributed by atoms with Crippen LogP contribution < -0.4 is 10.6 Å². The first-order valence-electron chi connectivity index (χ1n) is 7.47. The molecule has 0 aromatic carbocycles. The standard InChI is InChI=1S/C14H24N2O4/c17-13(7-11-9-20-6-5-15-11)16-8-10-3-1-2-4-12(10)14(18)19/h10-12,15H,1-9H2,(H,16,17)(H,18,19). The molecule has 1 aliphatic carbocycles. The van der Waals surface area contributed by atoms with Gasteiger partial charge >= 0.3 is 5.97 Å². The van der Waals surface area contributed by atoms with Gasteiger partial charge in [0.1, 0.15) is 0 Å². The largest absolute Gasteiger partial charge is 0.481 e. The van der Waals surface area contributed by atoms with Gasteiger partial charge in [-0.2, -0.15) is 0 Å². The molecule has 0 radical (unpaired) electrons. The Bertz CT molecular complexity index is 342. The molecule has 3 unspecified atom stereocenters. The van der Waals surface area contributed by atoms with Crippen LogP contribution >= 0.6 is 0 Å². The van der Waals surface area contributed by atoms with E-state index in [2.05, 4.69) is 10.6 Å². The number of carboxylic acids is 1. The van der Waals surface area contributed by atoms with Crippen LogP contribution in [0.4, 0.5) is 0 Å². The van der Waals surface area contributed by atoms with Crippen LogP contribution in [-0.2, 0) is 14.3 Å². The van der Waals surface area contributed by atoms with E-state index in [1.807, 2.05) is 0 Å². The third kappa shape index (κ3) is 4.45. The fraction of sp³-hybridized carbons (Fsp3) is 0.857. The van der Waals surface area contributed by atoms with Crippen molar-refractivity contribution >= 4 is 11.9 Å². The zero-order valence-corrected chi connectivity index (χ0v) is 11.8. The van der Waals surface area contributed by atoms with E-state index in [-0.39, 0.29) is 23.8 Å². The summed E-state index contributed by atoms with van der Waals surface area (Å²) in [5, 5.41) is 15.3. The minimum absolute atomic E-state index is 0.0253. The second-order valence-electron chi connectivity index (χ2n) is 5.72. The number of rotatable bonds is 5. The molecule has 2 fully saturated rings. The number of aliphatic carboxylic acids is 1. The lowest BCUT2D eigenvalue weighted by Gasteiger charge is -2.29. The van der Waals surface area contributed by atoms with Crippen molar-refractivity contribution in [2.45, 2.75) is 38.1 Å². The van der Waals surface area contributed by atoms with Gasteiger partial charge in [-0.15, -0.1) is 0 Å². The maximum Gasteiger partial charge on any atom is 0.306 e. The fourth-order valence-electron chi connectivity index (χ4n) is 3.07. The van der Waals surface area contributed by atoms with E-state index in [1.54, 1.807) is 0 Å². The predicted octanol–water partition coefficient (Wildman–Crippen LogP) is 0.372. The first kappa shape index (κ1) is 15.3. The molecule has 3 N–H and O–H groups in total. The minimum atomic E-state index is -0.730. The molecule has 114 valence electrons. The van der Waals surface area contributed by atoms with E-state index in [9.17, 15) is 14.7 Å². The van der Waals surface area contributed by atoms with Gasteiger partial charge < -0.3 is 20.5 Å². The maximum atomic E-state index is 11.9. The van der Waals surface area contributed by atoms with Gasteiger partial charge in [-0.3, -0.25) is 9.59 Å². The normalized spacial score (nSPS) is 30.7. The van der Waals surface area contributed by atoms with Gasteiger partial charge in [0.25, 0.3) is 0 Å². The average molecular weight is 284 g/mol. The lowest BCUT2D eigenvalue weighted by molar-refractivity contribution is -0.145. The predicted molar refractivity (Wildman–Crippen MR) is 73.3 cm³/mol. The van der Waals surface area contributed by atoms with Gasteiger partial charge in [0.05, 0.1) is 19.1 Å². The van der Waals surface area contributed by atoms with Crippen molar-refractivity contribution < 1.29 is 19.4 Å². The molecule has 0 aromatic heterocycles. The molecule has 1 aliphatic heterocycles. The molecule has 0 bridgehead atoms. The number of hydrogen-bond acceptors (Lipinski definition) is 4. The van der Waals surface area contributed by atoms with Crippen LogP contribution in [0.15, 0.2) is 0 Å². The maximum absolute atomic E-state index is 11.9. The summed E-state index contributed by atoms with van der Waals surface area (Å²) in [6.45, 7) is 2.51. The highest BCUT2D eigenvalue weighted by Gasteiger charge is 2.31. The first-order chi connectivity index (χ1) is 9.66. The minimum Gasteiger partial charge on any atom is -0.481 e. The summed E-state index contributed by atoms with van der Waals surface area (Å²) in [4.78, 5) is 23.1. The monoisotopic (exact) mass is 284 g/mol. The second kappa shape index (κ2) is 7.59. The van der Waals surface area contributed by atoms with Crippen molar-refractivity contribution in [1.29, 1.82) is 0 Å². The Balaban J connectivity index is 1.72. The van der Waals surface area contributed by atoms with E-state index in [1.165, 1.54) is 0 Å². The smallest absolute Gasteiger partial charge is 0.306 e. The first-order valence-corrected chi connectivity index (χ1v) is 7.47. The van der Waals surface area contributed by atoms with Gasteiger partial charge in [-0.25, -0.2) is 0 Å². The summed E-state index contributed by atoms with van der Waals surface area (Å²) in [6.07, 6.45) is 4.05. The summed E-state index contributed by atoms with van der Waals surface area (Å²) in [5.74, 6) is -0.991. The highest BCUT2D eigenvalue weighted by molar-refractivity contribution is 5.76. The topological polar surface area (TPSA) is 87.7 Å². The summed E-state index contributed by atoms with van der Waals surface area (Å²) >= 11 is 0. The number of carboxylic acid groups (broad SMARTS) is 1. The van der Waals surface area contributed by atoms with Gasteiger partial charge in [0, 0.05) is 25.6 Å². The van der Waals surface area contributed by atoms with Crippen molar-refractivity contribution in [3.63, 3.8) is 0 Å². The molecule has 6 heteroatoms. The Labute approximate surface area is 119 Å². The molecule has 1 saturated heterocycles. The van der Waals surface area contributed by atoms with Crippen LogP contribution in [0.3, 0.4) is 0 Å². The molecule has 6 nitrogen and oxygen atoms in total. The molecular formula is C14H24N2O4. The Morgan fingerprint density at radius 2 is 2.10 bits per heavy atom. The van der Waals surface area contributed by atoms with Crippen molar-refractivity contribution in [3.8, 4) is 0 Å². The molecule has 2 aliphatic rings. The van der Waals surface area contributed by atoms with Gasteiger partial charge in [-0.1, -0.05) is 12.8 Å². The fourth-order valence-corrected chi connectivity index (χ4v) is 3.07. The second-order valence-corrected chi connectivity index (χ2v) is 5.72. The quantitative estimate of drug-likeness (QED) is 0.679. The van der Waals surface area contributed by atoms with Crippen molar-refractivity contribution in [2.24, 2.45) is 11.8 Å². The molecule has 20 heavy (non-hydrogen) atoms. The highest BCUT2D eigenvalue weighted by atomic mass is 16.5. The highest BCUT2D eigenvalue weighted by Crippen LogP contribution is 2.29. The number of morpholine rings is 1. The van der Waals surface area contributed by atoms with E-state index >= 15 is 0 Å². The number of hydrogen-bond donors (Lipinski definition) is 3. The Morgan fingerprint density at radius 3 is 2.80 bits per heavy atom. The molecule has 0 aromatic rings. The number of amides is 1. The van der Waals surface area contributed by atoms with Crippen LogP contribution in [0.25, 0.3) is 0 Å². The summed E-state index contributed by atoms with van der Waals surface area (Å²) in [7, 11) is 0. The molecule has 2 rings (SSSR count). The van der Waals surface area contributed by atoms with Crippen LogP contribution in [0, 0.1) is 11.8 Å². The average Bonchev–Trinajstić information content (AvgIpc) is 2.46. The molecule has 0 spiro atoms. The summed E-state index contributed by atoms with van der Waals surface area (Å²) in [5.41, 5.74) is 0. The third-order valence-corrected chi connectivity index (χ3v) is 4.22. The van der Waals surface area contributed by atoms with Gasteiger partial charge in [-0.05, 0) is 18.8 Å². The van der Waals surface area contributed by atoms with Crippen molar-refractivity contribution in [1.82, 2.24) is 10.6 Å². The Morgan fingerprint density at radius 1 is 1.30 bits per heavy atom. The van der Waals surface area contributed by atoms with Crippen LogP contribution in [-0.4, -0.2) is 49.3 Å². The molecular weight excluding hydrogens is 260 g/mol. The molecule has 1 saturated carbocycles. The number of ether oxygens (including phenoxy) is 1. The molecule has 1 amide bonds. The lowest BCUT2D eigenvalue weighted by Crippen LogP contribution is -2.45. The van der Waals surface area contributed by atoms with E-state index in [0.29, 0.717) is 26.2 Å². The number of carbonyl (C=O) groups is 2. The number of carbonyl (C=O) groups excluding carboxylic acids is 1. The Hall–Kier alpha value is -1.14. The van der Waals surface area contributed by atoms with Crippen molar-refractivity contribution in [2.75, 3.05) is 26.3 Å². The van der Waals surface area contributed by atoms with Crippen LogP contribution in [0.5, 0.6) is 0 Å². The number of nitrogens with one attached hydrogen (secondary N) is 2. The van der Waals surface area contributed by atoms with Crippen LogP contribution in [0.2, 0.25) is 0 Å². The third-order valence-electron chi connectivity index (χ3n) is 4.22.